The van der Waals surface area contributed by atoms with E-state index in [0.717, 1.165) is 5.69 Å². The average molecular weight is 243 g/mol. The standard InChI is InChI=1S/C13H13N3S/c1-9-3-6-13(17-9)10(2)16-12-5-4-11(7-14)15-8-12/h3-6,8,10,16H,1-2H3. The molecule has 2 aromatic rings. The van der Waals surface area contributed by atoms with Crippen LogP contribution in [0.1, 0.15) is 28.4 Å². The van der Waals surface area contributed by atoms with Crippen molar-refractivity contribution in [1.82, 2.24) is 4.98 Å². The van der Waals surface area contributed by atoms with Gasteiger partial charge in [0, 0.05) is 9.75 Å². The number of thiophene rings is 1. The van der Waals surface area contributed by atoms with E-state index in [2.05, 4.69) is 36.3 Å². The van der Waals surface area contributed by atoms with Crippen molar-refractivity contribution in [3.8, 4) is 6.07 Å². The lowest BCUT2D eigenvalue weighted by Crippen LogP contribution is -2.05. The van der Waals surface area contributed by atoms with Crippen LogP contribution in [0, 0.1) is 18.3 Å². The summed E-state index contributed by atoms with van der Waals surface area (Å²) in [5, 5.41) is 12.0. The summed E-state index contributed by atoms with van der Waals surface area (Å²) < 4.78 is 0. The van der Waals surface area contributed by atoms with E-state index < -0.39 is 0 Å². The Morgan fingerprint density at radius 1 is 1.35 bits per heavy atom. The Morgan fingerprint density at radius 3 is 2.71 bits per heavy atom. The molecular weight excluding hydrogens is 230 g/mol. The second kappa shape index (κ2) is 4.98. The maximum Gasteiger partial charge on any atom is 0.140 e. The highest BCUT2D eigenvalue weighted by atomic mass is 32.1. The van der Waals surface area contributed by atoms with Gasteiger partial charge in [0.25, 0.3) is 0 Å². The third-order valence-electron chi connectivity index (χ3n) is 2.45. The van der Waals surface area contributed by atoms with Crippen molar-refractivity contribution in [3.05, 3.63) is 45.9 Å². The highest BCUT2D eigenvalue weighted by molar-refractivity contribution is 7.12. The minimum absolute atomic E-state index is 0.253. The van der Waals surface area contributed by atoms with Crippen molar-refractivity contribution in [1.29, 1.82) is 5.26 Å². The highest BCUT2D eigenvalue weighted by Gasteiger charge is 2.07. The zero-order valence-electron chi connectivity index (χ0n) is 9.77. The molecule has 0 radical (unpaired) electrons. The molecule has 86 valence electrons. The van der Waals surface area contributed by atoms with Crippen LogP contribution in [0.15, 0.2) is 30.5 Å². The first-order chi connectivity index (χ1) is 8.19. The number of rotatable bonds is 3. The Hall–Kier alpha value is -1.86. The predicted octanol–water partition coefficient (Wildman–Crippen LogP) is 3.50. The number of aromatic nitrogens is 1. The minimum atomic E-state index is 0.253. The van der Waals surface area contributed by atoms with Crippen molar-refractivity contribution < 1.29 is 0 Å². The largest absolute Gasteiger partial charge is 0.376 e. The molecule has 0 aliphatic rings. The topological polar surface area (TPSA) is 48.7 Å². The molecule has 0 aromatic carbocycles. The van der Waals surface area contributed by atoms with Crippen molar-refractivity contribution in [2.45, 2.75) is 19.9 Å². The van der Waals surface area contributed by atoms with Crippen molar-refractivity contribution in [2.24, 2.45) is 0 Å². The van der Waals surface area contributed by atoms with E-state index in [9.17, 15) is 0 Å². The highest BCUT2D eigenvalue weighted by Crippen LogP contribution is 2.25. The summed E-state index contributed by atoms with van der Waals surface area (Å²) in [6.07, 6.45) is 1.69. The van der Waals surface area contributed by atoms with E-state index in [4.69, 9.17) is 5.26 Å². The summed E-state index contributed by atoms with van der Waals surface area (Å²) in [4.78, 5) is 6.64. The molecule has 2 heterocycles. The number of aryl methyl sites for hydroxylation is 1. The SMILES string of the molecule is Cc1ccc(C(C)Nc2ccc(C#N)nc2)s1. The van der Waals surface area contributed by atoms with Crippen LogP contribution in [-0.4, -0.2) is 4.98 Å². The third-order valence-corrected chi connectivity index (χ3v) is 3.63. The van der Waals surface area contributed by atoms with Gasteiger partial charge in [0.05, 0.1) is 17.9 Å². The van der Waals surface area contributed by atoms with E-state index in [1.54, 1.807) is 23.6 Å². The van der Waals surface area contributed by atoms with Crippen molar-refractivity contribution in [3.63, 3.8) is 0 Å². The van der Waals surface area contributed by atoms with Crippen LogP contribution >= 0.6 is 11.3 Å². The molecular formula is C13H13N3S. The summed E-state index contributed by atoms with van der Waals surface area (Å²) in [6.45, 7) is 4.22. The second-order valence-electron chi connectivity index (χ2n) is 3.86. The van der Waals surface area contributed by atoms with Crippen molar-refractivity contribution >= 4 is 17.0 Å². The first-order valence-electron chi connectivity index (χ1n) is 5.38. The van der Waals surface area contributed by atoms with E-state index >= 15 is 0 Å². The molecule has 0 fully saturated rings. The lowest BCUT2D eigenvalue weighted by atomic mass is 10.2. The Morgan fingerprint density at radius 2 is 2.18 bits per heavy atom. The maximum atomic E-state index is 8.66. The molecule has 3 nitrogen and oxygen atoms in total. The molecule has 1 N–H and O–H groups in total. The first kappa shape index (κ1) is 11.6. The quantitative estimate of drug-likeness (QED) is 0.897. The van der Waals surface area contributed by atoms with Crippen LogP contribution in [-0.2, 0) is 0 Å². The fourth-order valence-electron chi connectivity index (χ4n) is 1.55. The van der Waals surface area contributed by atoms with Crippen LogP contribution < -0.4 is 5.32 Å². The molecule has 2 aromatic heterocycles. The molecule has 1 unspecified atom stereocenters. The first-order valence-corrected chi connectivity index (χ1v) is 6.19. The Labute approximate surface area is 105 Å². The van der Waals surface area contributed by atoms with Gasteiger partial charge >= 0.3 is 0 Å². The molecule has 0 aliphatic carbocycles. The van der Waals surface area contributed by atoms with Gasteiger partial charge in [-0.15, -0.1) is 11.3 Å². The number of hydrogen-bond donors (Lipinski definition) is 1. The zero-order valence-corrected chi connectivity index (χ0v) is 10.6. The van der Waals surface area contributed by atoms with E-state index in [-0.39, 0.29) is 6.04 Å². The van der Waals surface area contributed by atoms with Crippen LogP contribution in [0.3, 0.4) is 0 Å². The minimum Gasteiger partial charge on any atom is -0.376 e. The van der Waals surface area contributed by atoms with Crippen LogP contribution in [0.5, 0.6) is 0 Å². The summed E-state index contributed by atoms with van der Waals surface area (Å²) >= 11 is 1.79. The molecule has 0 aliphatic heterocycles. The maximum absolute atomic E-state index is 8.66. The lowest BCUT2D eigenvalue weighted by Gasteiger charge is -2.13. The van der Waals surface area contributed by atoms with Gasteiger partial charge in [0.1, 0.15) is 11.8 Å². The van der Waals surface area contributed by atoms with Gasteiger partial charge in [-0.1, -0.05) is 0 Å². The molecule has 0 bridgehead atoms. The van der Waals surface area contributed by atoms with Crippen LogP contribution in [0.25, 0.3) is 0 Å². The fraction of sp³-hybridized carbons (Fsp3) is 0.231. The average Bonchev–Trinajstić information content (AvgIpc) is 2.77. The number of nitrogens with zero attached hydrogens (tertiary/aromatic N) is 2. The number of pyridine rings is 1. The van der Waals surface area contributed by atoms with Gasteiger partial charge in [0.15, 0.2) is 0 Å². The predicted molar refractivity (Wildman–Crippen MR) is 70.0 cm³/mol. The summed E-state index contributed by atoms with van der Waals surface area (Å²) in [5.74, 6) is 0. The summed E-state index contributed by atoms with van der Waals surface area (Å²) in [7, 11) is 0. The number of nitriles is 1. The molecule has 2 rings (SSSR count). The lowest BCUT2D eigenvalue weighted by molar-refractivity contribution is 0.905. The van der Waals surface area contributed by atoms with Gasteiger partial charge in [-0.05, 0) is 38.1 Å². The molecule has 4 heteroatoms. The van der Waals surface area contributed by atoms with Gasteiger partial charge < -0.3 is 5.32 Å². The molecule has 0 spiro atoms. The molecule has 0 amide bonds. The molecule has 1 atom stereocenters. The van der Waals surface area contributed by atoms with Crippen LogP contribution in [0.2, 0.25) is 0 Å². The van der Waals surface area contributed by atoms with Gasteiger partial charge in [-0.2, -0.15) is 5.26 Å². The summed E-state index contributed by atoms with van der Waals surface area (Å²) in [5.41, 5.74) is 1.37. The normalized spacial score (nSPS) is 11.8. The Bertz CT molecular complexity index is 537. The van der Waals surface area contributed by atoms with Gasteiger partial charge in [-0.25, -0.2) is 4.98 Å². The third kappa shape index (κ3) is 2.83. The number of hydrogen-bond acceptors (Lipinski definition) is 4. The smallest absolute Gasteiger partial charge is 0.140 e. The number of nitrogens with one attached hydrogen (secondary N) is 1. The van der Waals surface area contributed by atoms with E-state index in [1.165, 1.54) is 9.75 Å². The molecule has 0 saturated heterocycles. The zero-order chi connectivity index (χ0) is 12.3. The molecule has 17 heavy (non-hydrogen) atoms. The van der Waals surface area contributed by atoms with Crippen LogP contribution in [0.4, 0.5) is 5.69 Å². The van der Waals surface area contributed by atoms with Gasteiger partial charge in [-0.3, -0.25) is 0 Å². The van der Waals surface area contributed by atoms with E-state index in [1.807, 2.05) is 12.1 Å². The monoisotopic (exact) mass is 243 g/mol. The Kier molecular flexibility index (Phi) is 3.40. The molecule has 0 saturated carbocycles. The van der Waals surface area contributed by atoms with Gasteiger partial charge in [0.2, 0.25) is 0 Å². The fourth-order valence-corrected chi connectivity index (χ4v) is 2.43. The van der Waals surface area contributed by atoms with Crippen molar-refractivity contribution in [2.75, 3.05) is 5.32 Å². The van der Waals surface area contributed by atoms with E-state index in [0.29, 0.717) is 5.69 Å². The Balaban J connectivity index is 2.08. The second-order valence-corrected chi connectivity index (χ2v) is 5.18. The number of anilines is 1. The summed E-state index contributed by atoms with van der Waals surface area (Å²) in [6, 6.07) is 10.1.